The molecular formula is C19H16O7. The molecule has 0 aliphatic rings. The Morgan fingerprint density at radius 3 is 2.50 bits per heavy atom. The summed E-state index contributed by atoms with van der Waals surface area (Å²) >= 11 is 0. The molecule has 7 heteroatoms. The molecule has 0 amide bonds. The highest BCUT2D eigenvalue weighted by Crippen LogP contribution is 2.26. The zero-order chi connectivity index (χ0) is 18.7. The molecule has 26 heavy (non-hydrogen) atoms. The molecule has 3 rings (SSSR count). The van der Waals surface area contributed by atoms with Crippen molar-refractivity contribution in [3.05, 3.63) is 64.0 Å². The summed E-state index contributed by atoms with van der Waals surface area (Å²) in [7, 11) is 3.14. The summed E-state index contributed by atoms with van der Waals surface area (Å²) in [6, 6.07) is 11.5. The van der Waals surface area contributed by atoms with E-state index in [1.165, 1.54) is 12.1 Å². The number of fused-ring (bicyclic) bond motifs is 1. The number of rotatable bonds is 6. The second-order valence-corrected chi connectivity index (χ2v) is 5.42. The Labute approximate surface area is 148 Å². The van der Waals surface area contributed by atoms with Gasteiger partial charge in [0.15, 0.2) is 0 Å². The van der Waals surface area contributed by atoms with Gasteiger partial charge in [0.2, 0.25) is 0 Å². The maximum atomic E-state index is 11.7. The predicted molar refractivity (Wildman–Crippen MR) is 93.3 cm³/mol. The molecule has 0 radical (unpaired) electrons. The summed E-state index contributed by atoms with van der Waals surface area (Å²) in [6.45, 7) is 0.212. The van der Waals surface area contributed by atoms with Crippen molar-refractivity contribution in [3.63, 3.8) is 0 Å². The van der Waals surface area contributed by atoms with Crippen LogP contribution < -0.4 is 19.8 Å². The van der Waals surface area contributed by atoms with Gasteiger partial charge in [-0.3, -0.25) is 0 Å². The van der Waals surface area contributed by atoms with E-state index in [2.05, 4.69) is 0 Å². The Morgan fingerprint density at radius 1 is 1.04 bits per heavy atom. The van der Waals surface area contributed by atoms with Crippen molar-refractivity contribution < 1.29 is 28.5 Å². The smallest absolute Gasteiger partial charge is 0.351 e. The number of hydrogen-bond acceptors (Lipinski definition) is 6. The third-order valence-electron chi connectivity index (χ3n) is 3.82. The Kier molecular flexibility index (Phi) is 4.79. The fourth-order valence-corrected chi connectivity index (χ4v) is 2.49. The summed E-state index contributed by atoms with van der Waals surface area (Å²) in [5, 5.41) is 9.47. The van der Waals surface area contributed by atoms with Crippen molar-refractivity contribution in [1.29, 1.82) is 0 Å². The summed E-state index contributed by atoms with van der Waals surface area (Å²) in [4.78, 5) is 22.7. The SMILES string of the molecule is COc1ccc(OC)c(COc2ccc3cc(C(=O)O)c(=O)oc3c2)c1. The van der Waals surface area contributed by atoms with Crippen LogP contribution in [-0.2, 0) is 6.61 Å². The van der Waals surface area contributed by atoms with Crippen molar-refractivity contribution >= 4 is 16.9 Å². The van der Waals surface area contributed by atoms with Gasteiger partial charge >= 0.3 is 11.6 Å². The van der Waals surface area contributed by atoms with Gasteiger partial charge in [0, 0.05) is 17.0 Å². The first-order valence-electron chi connectivity index (χ1n) is 7.66. The molecule has 1 heterocycles. The molecule has 0 fully saturated rings. The molecule has 1 N–H and O–H groups in total. The van der Waals surface area contributed by atoms with Crippen molar-refractivity contribution in [1.82, 2.24) is 0 Å². The molecule has 7 nitrogen and oxygen atoms in total. The summed E-state index contributed by atoms with van der Waals surface area (Å²) in [5.41, 5.74) is -0.284. The van der Waals surface area contributed by atoms with E-state index < -0.39 is 17.2 Å². The van der Waals surface area contributed by atoms with E-state index in [0.29, 0.717) is 22.6 Å². The number of carboxylic acid groups (broad SMARTS) is 1. The minimum absolute atomic E-state index is 0.212. The minimum atomic E-state index is -1.33. The molecule has 0 saturated carbocycles. The maximum Gasteiger partial charge on any atom is 0.351 e. The van der Waals surface area contributed by atoms with E-state index in [9.17, 15) is 9.59 Å². The van der Waals surface area contributed by atoms with E-state index in [4.69, 9.17) is 23.7 Å². The Hall–Kier alpha value is -3.48. The van der Waals surface area contributed by atoms with Crippen molar-refractivity contribution in [2.75, 3.05) is 14.2 Å². The molecule has 3 aromatic rings. The van der Waals surface area contributed by atoms with Crippen LogP contribution in [0.5, 0.6) is 17.2 Å². The number of methoxy groups -OCH3 is 2. The van der Waals surface area contributed by atoms with Gasteiger partial charge in [0.1, 0.15) is 35.0 Å². The molecule has 134 valence electrons. The monoisotopic (exact) mass is 356 g/mol. The number of carbonyl (C=O) groups is 1. The van der Waals surface area contributed by atoms with Crippen LogP contribution in [0.3, 0.4) is 0 Å². The summed E-state index contributed by atoms with van der Waals surface area (Å²) in [6.07, 6.45) is 0. The third kappa shape index (κ3) is 3.46. The predicted octanol–water partition coefficient (Wildman–Crippen LogP) is 3.09. The average molecular weight is 356 g/mol. The zero-order valence-electron chi connectivity index (χ0n) is 14.1. The lowest BCUT2D eigenvalue weighted by molar-refractivity contribution is 0.0692. The normalized spacial score (nSPS) is 10.5. The van der Waals surface area contributed by atoms with Gasteiger partial charge in [-0.05, 0) is 36.4 Å². The number of hydrogen-bond donors (Lipinski definition) is 1. The standard InChI is InChI=1S/C19H16O7/c1-23-13-5-6-16(24-2)12(7-13)10-25-14-4-3-11-8-15(18(20)21)19(22)26-17(11)9-14/h3-9H,10H2,1-2H3,(H,20,21). The van der Waals surface area contributed by atoms with Crippen molar-refractivity contribution in [3.8, 4) is 17.2 Å². The van der Waals surface area contributed by atoms with E-state index in [0.717, 1.165) is 5.56 Å². The van der Waals surface area contributed by atoms with Gasteiger partial charge in [-0.2, -0.15) is 0 Å². The highest BCUT2D eigenvalue weighted by Gasteiger charge is 2.13. The topological polar surface area (TPSA) is 95.2 Å². The molecule has 0 unspecified atom stereocenters. The molecule has 0 spiro atoms. The molecule has 0 bridgehead atoms. The molecular weight excluding hydrogens is 340 g/mol. The van der Waals surface area contributed by atoms with Crippen molar-refractivity contribution in [2.45, 2.75) is 6.61 Å². The van der Waals surface area contributed by atoms with Gasteiger partial charge in [0.05, 0.1) is 14.2 Å². The van der Waals surface area contributed by atoms with Crippen LogP contribution in [0.15, 0.2) is 51.7 Å². The molecule has 0 aliphatic carbocycles. The van der Waals surface area contributed by atoms with Gasteiger partial charge in [-0.1, -0.05) is 0 Å². The second-order valence-electron chi connectivity index (χ2n) is 5.42. The van der Waals surface area contributed by atoms with E-state index in [-0.39, 0.29) is 12.2 Å². The lowest BCUT2D eigenvalue weighted by atomic mass is 10.1. The quantitative estimate of drug-likeness (QED) is 0.678. The summed E-state index contributed by atoms with van der Waals surface area (Å²) < 4.78 is 21.3. The first kappa shape index (κ1) is 17.3. The van der Waals surface area contributed by atoms with Crippen LogP contribution in [0.2, 0.25) is 0 Å². The first-order valence-corrected chi connectivity index (χ1v) is 7.66. The number of aromatic carboxylic acids is 1. The lowest BCUT2D eigenvalue weighted by Crippen LogP contribution is -2.12. The second kappa shape index (κ2) is 7.18. The highest BCUT2D eigenvalue weighted by molar-refractivity contribution is 5.91. The largest absolute Gasteiger partial charge is 0.497 e. The Morgan fingerprint density at radius 2 is 1.81 bits per heavy atom. The van der Waals surface area contributed by atoms with Gasteiger partial charge in [-0.25, -0.2) is 9.59 Å². The molecule has 1 aromatic heterocycles. The van der Waals surface area contributed by atoms with E-state index in [1.807, 2.05) is 0 Å². The zero-order valence-corrected chi connectivity index (χ0v) is 14.1. The number of benzene rings is 2. The van der Waals surface area contributed by atoms with Crippen molar-refractivity contribution in [2.24, 2.45) is 0 Å². The van der Waals surface area contributed by atoms with E-state index in [1.54, 1.807) is 44.6 Å². The van der Waals surface area contributed by atoms with Crippen LogP contribution in [0.25, 0.3) is 11.0 Å². The number of carboxylic acids is 1. The van der Waals surface area contributed by atoms with Crippen LogP contribution in [0.1, 0.15) is 15.9 Å². The molecule has 2 aromatic carbocycles. The molecule has 0 saturated heterocycles. The van der Waals surface area contributed by atoms with Crippen LogP contribution in [0, 0.1) is 0 Å². The van der Waals surface area contributed by atoms with Gasteiger partial charge in [0.25, 0.3) is 0 Å². The fourth-order valence-electron chi connectivity index (χ4n) is 2.49. The van der Waals surface area contributed by atoms with Gasteiger partial charge in [-0.15, -0.1) is 0 Å². The fraction of sp³-hybridized carbons (Fsp3) is 0.158. The van der Waals surface area contributed by atoms with Crippen LogP contribution in [0.4, 0.5) is 0 Å². The summed E-state index contributed by atoms with van der Waals surface area (Å²) in [5.74, 6) is 0.471. The number of ether oxygens (including phenoxy) is 3. The Balaban J connectivity index is 1.87. The third-order valence-corrected chi connectivity index (χ3v) is 3.82. The molecule has 0 aliphatic heterocycles. The van der Waals surface area contributed by atoms with E-state index >= 15 is 0 Å². The Bertz CT molecular complexity index is 1020. The first-order chi connectivity index (χ1) is 12.5. The highest BCUT2D eigenvalue weighted by atomic mass is 16.5. The van der Waals surface area contributed by atoms with Gasteiger partial charge < -0.3 is 23.7 Å². The van der Waals surface area contributed by atoms with Crippen LogP contribution >= 0.6 is 0 Å². The minimum Gasteiger partial charge on any atom is -0.497 e. The van der Waals surface area contributed by atoms with Crippen LogP contribution in [-0.4, -0.2) is 25.3 Å². The molecule has 0 atom stereocenters. The average Bonchev–Trinajstić information content (AvgIpc) is 2.65. The lowest BCUT2D eigenvalue weighted by Gasteiger charge is -2.12. The maximum absolute atomic E-state index is 11.7.